The van der Waals surface area contributed by atoms with Gasteiger partial charge >= 0.3 is 0 Å². The number of ether oxygens (including phenoxy) is 1. The molecule has 4 aliphatic carbocycles. The third-order valence-corrected chi connectivity index (χ3v) is 6.70. The fraction of sp³-hybridized carbons (Fsp3) is 0.650. The van der Waals surface area contributed by atoms with Gasteiger partial charge in [-0.05, 0) is 92.9 Å². The molecule has 1 aromatic rings. The first-order chi connectivity index (χ1) is 11.1. The minimum atomic E-state index is 0.0518. The lowest BCUT2D eigenvalue weighted by atomic mass is 9.48. The molecular formula is C20H27NO2. The van der Waals surface area contributed by atoms with E-state index in [0.29, 0.717) is 5.41 Å². The van der Waals surface area contributed by atoms with E-state index in [4.69, 9.17) is 4.74 Å². The van der Waals surface area contributed by atoms with E-state index in [0.717, 1.165) is 29.1 Å². The van der Waals surface area contributed by atoms with Crippen LogP contribution < -0.4 is 10.1 Å². The SMILES string of the molecule is COc1ccc(C(=O)NC(C)C23CC4CC(CC(C4)C2)C3)cc1. The summed E-state index contributed by atoms with van der Waals surface area (Å²) in [7, 11) is 1.64. The molecule has 4 fully saturated rings. The minimum absolute atomic E-state index is 0.0518. The molecule has 0 heterocycles. The minimum Gasteiger partial charge on any atom is -0.497 e. The van der Waals surface area contributed by atoms with Crippen LogP contribution in [0.3, 0.4) is 0 Å². The standard InChI is InChI=1S/C20H27NO2/c1-13(21-19(22)17-3-5-18(23-2)6-4-17)20-10-14-7-15(11-20)9-16(8-14)12-20/h3-6,13-16H,7-12H2,1-2H3,(H,21,22). The summed E-state index contributed by atoms with van der Waals surface area (Å²) >= 11 is 0. The third kappa shape index (κ3) is 2.64. The molecule has 0 spiro atoms. The molecular weight excluding hydrogens is 286 g/mol. The van der Waals surface area contributed by atoms with Crippen LogP contribution in [0.15, 0.2) is 24.3 Å². The van der Waals surface area contributed by atoms with Gasteiger partial charge in [0.25, 0.3) is 5.91 Å². The Hall–Kier alpha value is -1.51. The zero-order valence-electron chi connectivity index (χ0n) is 14.2. The first kappa shape index (κ1) is 15.0. The molecule has 3 nitrogen and oxygen atoms in total. The maximum atomic E-state index is 12.6. The highest BCUT2D eigenvalue weighted by molar-refractivity contribution is 5.94. The lowest BCUT2D eigenvalue weighted by Crippen LogP contribution is -2.55. The van der Waals surface area contributed by atoms with Crippen molar-refractivity contribution in [1.29, 1.82) is 0 Å². The lowest BCUT2D eigenvalue weighted by molar-refractivity contribution is -0.0688. The molecule has 3 heteroatoms. The van der Waals surface area contributed by atoms with E-state index in [9.17, 15) is 4.79 Å². The number of carbonyl (C=O) groups excluding carboxylic acids is 1. The van der Waals surface area contributed by atoms with Crippen LogP contribution in [-0.2, 0) is 0 Å². The molecule has 4 saturated carbocycles. The Kier molecular flexibility index (Phi) is 3.62. The molecule has 4 bridgehead atoms. The zero-order valence-corrected chi connectivity index (χ0v) is 14.2. The lowest BCUT2D eigenvalue weighted by Gasteiger charge is -2.59. The summed E-state index contributed by atoms with van der Waals surface area (Å²) in [6.45, 7) is 2.23. The number of nitrogens with one attached hydrogen (secondary N) is 1. The van der Waals surface area contributed by atoms with Crippen LogP contribution in [-0.4, -0.2) is 19.1 Å². The maximum absolute atomic E-state index is 12.6. The molecule has 1 amide bonds. The monoisotopic (exact) mass is 313 g/mol. The van der Waals surface area contributed by atoms with E-state index < -0.39 is 0 Å². The Morgan fingerprint density at radius 1 is 1.09 bits per heavy atom. The first-order valence-electron chi connectivity index (χ1n) is 9.03. The normalized spacial score (nSPS) is 35.8. The highest BCUT2D eigenvalue weighted by Crippen LogP contribution is 2.61. The summed E-state index contributed by atoms with van der Waals surface area (Å²) in [6.07, 6.45) is 8.30. The van der Waals surface area contributed by atoms with Crippen molar-refractivity contribution in [3.05, 3.63) is 29.8 Å². The number of hydrogen-bond donors (Lipinski definition) is 1. The zero-order chi connectivity index (χ0) is 16.0. The molecule has 4 aliphatic rings. The van der Waals surface area contributed by atoms with Crippen LogP contribution in [0, 0.1) is 23.2 Å². The van der Waals surface area contributed by atoms with Crippen LogP contribution in [0.25, 0.3) is 0 Å². The molecule has 124 valence electrons. The maximum Gasteiger partial charge on any atom is 0.251 e. The van der Waals surface area contributed by atoms with Crippen LogP contribution in [0.5, 0.6) is 5.75 Å². The van der Waals surface area contributed by atoms with Crippen molar-refractivity contribution in [3.63, 3.8) is 0 Å². The Morgan fingerprint density at radius 3 is 2.09 bits per heavy atom. The smallest absolute Gasteiger partial charge is 0.251 e. The van der Waals surface area contributed by atoms with Crippen molar-refractivity contribution in [2.24, 2.45) is 23.2 Å². The van der Waals surface area contributed by atoms with Crippen molar-refractivity contribution in [3.8, 4) is 5.75 Å². The van der Waals surface area contributed by atoms with E-state index in [-0.39, 0.29) is 11.9 Å². The van der Waals surface area contributed by atoms with Gasteiger partial charge in [-0.15, -0.1) is 0 Å². The molecule has 0 radical (unpaired) electrons. The van der Waals surface area contributed by atoms with Crippen LogP contribution in [0.1, 0.15) is 55.8 Å². The second kappa shape index (κ2) is 5.54. The number of rotatable bonds is 4. The quantitative estimate of drug-likeness (QED) is 0.911. The summed E-state index contributed by atoms with van der Waals surface area (Å²) in [4.78, 5) is 12.6. The summed E-state index contributed by atoms with van der Waals surface area (Å²) in [5.41, 5.74) is 1.08. The Bertz CT molecular complexity index is 557. The van der Waals surface area contributed by atoms with E-state index >= 15 is 0 Å². The van der Waals surface area contributed by atoms with Gasteiger partial charge in [0.1, 0.15) is 5.75 Å². The van der Waals surface area contributed by atoms with Crippen molar-refractivity contribution in [2.45, 2.75) is 51.5 Å². The highest BCUT2D eigenvalue weighted by Gasteiger charge is 2.53. The summed E-state index contributed by atoms with van der Waals surface area (Å²) < 4.78 is 5.16. The van der Waals surface area contributed by atoms with E-state index in [1.807, 2.05) is 24.3 Å². The van der Waals surface area contributed by atoms with Crippen LogP contribution in [0.2, 0.25) is 0 Å². The summed E-state index contributed by atoms with van der Waals surface area (Å²) in [5, 5.41) is 3.31. The largest absolute Gasteiger partial charge is 0.497 e. The van der Waals surface area contributed by atoms with Gasteiger partial charge in [-0.25, -0.2) is 0 Å². The number of hydrogen-bond acceptors (Lipinski definition) is 2. The Morgan fingerprint density at radius 2 is 1.61 bits per heavy atom. The van der Waals surface area contributed by atoms with Gasteiger partial charge in [0.05, 0.1) is 7.11 Å². The second-order valence-corrected chi connectivity index (χ2v) is 8.20. The number of benzene rings is 1. The van der Waals surface area contributed by atoms with Gasteiger partial charge in [-0.1, -0.05) is 0 Å². The summed E-state index contributed by atoms with van der Waals surface area (Å²) in [5.74, 6) is 3.59. The fourth-order valence-corrected chi connectivity index (χ4v) is 5.88. The second-order valence-electron chi connectivity index (χ2n) is 8.20. The van der Waals surface area contributed by atoms with Crippen molar-refractivity contribution in [2.75, 3.05) is 7.11 Å². The van der Waals surface area contributed by atoms with Gasteiger partial charge in [0.15, 0.2) is 0 Å². The third-order valence-electron chi connectivity index (χ3n) is 6.70. The topological polar surface area (TPSA) is 38.3 Å². The average Bonchev–Trinajstić information content (AvgIpc) is 2.53. The fourth-order valence-electron chi connectivity index (χ4n) is 5.88. The van der Waals surface area contributed by atoms with Gasteiger partial charge < -0.3 is 10.1 Å². The molecule has 0 aliphatic heterocycles. The number of amides is 1. The Balaban J connectivity index is 1.46. The van der Waals surface area contributed by atoms with E-state index in [1.165, 1.54) is 38.5 Å². The molecule has 5 rings (SSSR count). The number of methoxy groups -OCH3 is 1. The van der Waals surface area contributed by atoms with Gasteiger partial charge in [-0.2, -0.15) is 0 Å². The molecule has 0 aromatic heterocycles. The van der Waals surface area contributed by atoms with Gasteiger partial charge in [-0.3, -0.25) is 4.79 Å². The Labute approximate surface area is 138 Å². The summed E-state index contributed by atoms with van der Waals surface area (Å²) in [6, 6.07) is 7.67. The average molecular weight is 313 g/mol. The van der Waals surface area contributed by atoms with Crippen molar-refractivity contribution in [1.82, 2.24) is 5.32 Å². The molecule has 1 unspecified atom stereocenters. The van der Waals surface area contributed by atoms with Crippen LogP contribution in [0.4, 0.5) is 0 Å². The van der Waals surface area contributed by atoms with Crippen LogP contribution >= 0.6 is 0 Å². The molecule has 23 heavy (non-hydrogen) atoms. The number of carbonyl (C=O) groups is 1. The van der Waals surface area contributed by atoms with Crippen molar-refractivity contribution >= 4 is 5.91 Å². The molecule has 1 atom stereocenters. The van der Waals surface area contributed by atoms with Crippen molar-refractivity contribution < 1.29 is 9.53 Å². The molecule has 1 aromatic carbocycles. The van der Waals surface area contributed by atoms with E-state index in [2.05, 4.69) is 12.2 Å². The highest BCUT2D eigenvalue weighted by atomic mass is 16.5. The van der Waals surface area contributed by atoms with Gasteiger partial charge in [0, 0.05) is 11.6 Å². The molecule has 1 N–H and O–H groups in total. The predicted octanol–water partition coefficient (Wildman–Crippen LogP) is 4.03. The van der Waals surface area contributed by atoms with E-state index in [1.54, 1.807) is 7.11 Å². The predicted molar refractivity (Wildman–Crippen MR) is 90.5 cm³/mol. The van der Waals surface area contributed by atoms with Gasteiger partial charge in [0.2, 0.25) is 0 Å². The molecule has 0 saturated heterocycles. The first-order valence-corrected chi connectivity index (χ1v) is 9.03.